The minimum atomic E-state index is -0.724. The van der Waals surface area contributed by atoms with Crippen molar-refractivity contribution in [2.45, 2.75) is 13.8 Å². The van der Waals surface area contributed by atoms with E-state index < -0.39 is 23.5 Å². The monoisotopic (exact) mass is 244 g/mol. The molecule has 0 N–H and O–H groups in total. The van der Waals surface area contributed by atoms with Gasteiger partial charge in [-0.25, -0.2) is 8.78 Å². The van der Waals surface area contributed by atoms with Gasteiger partial charge in [-0.1, -0.05) is 13.8 Å². The number of carbonyl (C=O) groups excluding carboxylic acids is 1. The maximum absolute atomic E-state index is 13.6. The van der Waals surface area contributed by atoms with E-state index in [-0.39, 0.29) is 16.5 Å². The number of benzene rings is 1. The number of esters is 1. The van der Waals surface area contributed by atoms with Crippen LogP contribution in [-0.2, 0) is 4.79 Å². The van der Waals surface area contributed by atoms with Crippen LogP contribution in [0, 0.1) is 17.6 Å². The Labute approximate surface area is 96.0 Å². The van der Waals surface area contributed by atoms with Crippen LogP contribution in [0.2, 0.25) is 0 Å². The van der Waals surface area contributed by atoms with Crippen molar-refractivity contribution in [1.82, 2.24) is 0 Å². The smallest absolute Gasteiger partial charge is 0.313 e. The average molecular weight is 244 g/mol. The average Bonchev–Trinajstić information content (AvgIpc) is 2.21. The van der Waals surface area contributed by atoms with Gasteiger partial charge >= 0.3 is 5.97 Å². The van der Waals surface area contributed by atoms with Gasteiger partial charge in [0, 0.05) is 5.30 Å². The number of hydrogen-bond donors (Lipinski definition) is 0. The predicted molar refractivity (Wildman–Crippen MR) is 64.4 cm³/mol. The summed E-state index contributed by atoms with van der Waals surface area (Å²) >= 11 is 0. The topological polar surface area (TPSA) is 26.3 Å². The molecule has 1 aromatic carbocycles. The summed E-state index contributed by atoms with van der Waals surface area (Å²) in [5.41, 5.74) is -0.00213. The van der Waals surface area contributed by atoms with E-state index in [4.69, 9.17) is 4.74 Å². The van der Waals surface area contributed by atoms with E-state index in [0.717, 1.165) is 6.07 Å². The highest BCUT2D eigenvalue weighted by Crippen LogP contribution is 2.16. The molecular weight excluding hydrogens is 232 g/mol. The lowest BCUT2D eigenvalue weighted by atomic mass is 9.94. The van der Waals surface area contributed by atoms with Crippen molar-refractivity contribution in [1.29, 1.82) is 0 Å². The summed E-state index contributed by atoms with van der Waals surface area (Å²) in [5.74, 6) is -2.63. The molecule has 6 heteroatoms. The Morgan fingerprint density at radius 3 is 2.56 bits per heavy atom. The Hall–Kier alpha value is -0.955. The van der Waals surface area contributed by atoms with E-state index in [0.29, 0.717) is 0 Å². The van der Waals surface area contributed by atoms with Gasteiger partial charge in [-0.15, -0.1) is 9.24 Å². The number of halogens is 2. The van der Waals surface area contributed by atoms with Crippen LogP contribution < -0.4 is 15.5 Å². The maximum Gasteiger partial charge on any atom is 0.313 e. The zero-order valence-electron chi connectivity index (χ0n) is 9.30. The first-order valence-electron chi connectivity index (χ1n) is 4.80. The van der Waals surface area contributed by atoms with Gasteiger partial charge in [0.15, 0.2) is 11.6 Å². The highest BCUT2D eigenvalue weighted by atomic mass is 31.0. The summed E-state index contributed by atoms with van der Waals surface area (Å²) in [7, 11) is 3.42. The third-order valence-corrected chi connectivity index (χ3v) is 2.53. The fourth-order valence-electron chi connectivity index (χ4n) is 1.05. The van der Waals surface area contributed by atoms with Gasteiger partial charge < -0.3 is 4.74 Å². The van der Waals surface area contributed by atoms with Crippen LogP contribution in [0.1, 0.15) is 13.8 Å². The van der Waals surface area contributed by atoms with Gasteiger partial charge in [0.1, 0.15) is 13.7 Å². The first kappa shape index (κ1) is 13.1. The molecule has 86 valence electrons. The van der Waals surface area contributed by atoms with Crippen LogP contribution in [0.3, 0.4) is 0 Å². The molecule has 1 unspecified atom stereocenters. The van der Waals surface area contributed by atoms with Crippen molar-refractivity contribution in [2.24, 2.45) is 5.92 Å². The van der Waals surface area contributed by atoms with Gasteiger partial charge in [-0.2, -0.15) is 0 Å². The Morgan fingerprint density at radius 2 is 2.06 bits per heavy atom. The molecule has 0 aliphatic carbocycles. The van der Waals surface area contributed by atoms with Crippen molar-refractivity contribution in [3.63, 3.8) is 0 Å². The van der Waals surface area contributed by atoms with E-state index >= 15 is 0 Å². The second-order valence-electron chi connectivity index (χ2n) is 3.79. The summed E-state index contributed by atoms with van der Waals surface area (Å²) in [6.07, 6.45) is 0. The first-order valence-corrected chi connectivity index (χ1v) is 5.38. The molecule has 0 heterocycles. The second kappa shape index (κ2) is 4.92. The lowest BCUT2D eigenvalue weighted by Gasteiger charge is -2.12. The quantitative estimate of drug-likeness (QED) is 0.323. The lowest BCUT2D eigenvalue weighted by Crippen LogP contribution is -2.25. The van der Waals surface area contributed by atoms with Gasteiger partial charge in [-0.3, -0.25) is 4.79 Å². The van der Waals surface area contributed by atoms with E-state index in [2.05, 4.69) is 9.24 Å². The molecule has 0 fully saturated rings. The summed E-state index contributed by atoms with van der Waals surface area (Å²) in [5, 5.41) is 0.0367. The molecule has 0 radical (unpaired) electrons. The summed E-state index contributed by atoms with van der Waals surface area (Å²) in [6, 6.07) is 1.04. The molecule has 0 bridgehead atoms. The van der Waals surface area contributed by atoms with Crippen molar-refractivity contribution in [2.75, 3.05) is 0 Å². The van der Waals surface area contributed by atoms with Crippen LogP contribution >= 0.6 is 9.24 Å². The zero-order chi connectivity index (χ0) is 12.5. The molecular formula is C10H12BF2O2P. The number of hydrogen-bond acceptors (Lipinski definition) is 2. The molecule has 0 aromatic heterocycles. The molecule has 1 rings (SSSR count). The number of ether oxygens (including phenoxy) is 1. The summed E-state index contributed by atoms with van der Waals surface area (Å²) in [6.45, 7) is 3.24. The zero-order valence-corrected chi connectivity index (χ0v) is 10.5. The van der Waals surface area contributed by atoms with Gasteiger partial charge in [-0.05, 0) is 11.5 Å². The molecule has 0 saturated carbocycles. The first-order chi connectivity index (χ1) is 7.34. The van der Waals surface area contributed by atoms with Crippen molar-refractivity contribution >= 4 is 33.8 Å². The Bertz CT molecular complexity index is 409. The van der Waals surface area contributed by atoms with E-state index in [1.54, 1.807) is 13.8 Å². The third-order valence-electron chi connectivity index (χ3n) is 2.11. The van der Waals surface area contributed by atoms with Gasteiger partial charge in [0.05, 0.1) is 5.92 Å². The molecule has 16 heavy (non-hydrogen) atoms. The van der Waals surface area contributed by atoms with E-state index in [9.17, 15) is 13.6 Å². The SMILES string of the molecule is Bc1c(F)cc(P)c(F)c1OC(=O)C(C)C. The molecule has 1 aromatic rings. The molecule has 0 spiro atoms. The predicted octanol–water partition coefficient (Wildman–Crippen LogP) is 0.285. The second-order valence-corrected chi connectivity index (χ2v) is 4.41. The Balaban J connectivity index is 3.18. The van der Waals surface area contributed by atoms with Crippen LogP contribution in [-0.4, -0.2) is 13.8 Å². The third kappa shape index (κ3) is 2.59. The van der Waals surface area contributed by atoms with Crippen molar-refractivity contribution < 1.29 is 18.3 Å². The lowest BCUT2D eigenvalue weighted by molar-refractivity contribution is -0.137. The van der Waals surface area contributed by atoms with Crippen molar-refractivity contribution in [3.8, 4) is 5.75 Å². The highest BCUT2D eigenvalue weighted by Gasteiger charge is 2.19. The van der Waals surface area contributed by atoms with Crippen LogP contribution in [0.25, 0.3) is 0 Å². The molecule has 0 aliphatic heterocycles. The fourth-order valence-corrected chi connectivity index (χ4v) is 1.33. The normalized spacial score (nSPS) is 10.6. The number of rotatable bonds is 2. The van der Waals surface area contributed by atoms with Crippen molar-refractivity contribution in [3.05, 3.63) is 17.7 Å². The van der Waals surface area contributed by atoms with Gasteiger partial charge in [0.25, 0.3) is 0 Å². The highest BCUT2D eigenvalue weighted by molar-refractivity contribution is 7.27. The molecule has 0 amide bonds. The summed E-state index contributed by atoms with van der Waals surface area (Å²) in [4.78, 5) is 11.3. The largest absolute Gasteiger partial charge is 0.424 e. The van der Waals surface area contributed by atoms with Crippen LogP contribution in [0.4, 0.5) is 8.78 Å². The molecule has 0 saturated heterocycles. The Kier molecular flexibility index (Phi) is 4.03. The summed E-state index contributed by atoms with van der Waals surface area (Å²) < 4.78 is 31.7. The Morgan fingerprint density at radius 1 is 1.50 bits per heavy atom. The van der Waals surface area contributed by atoms with Crippen LogP contribution in [0.5, 0.6) is 5.75 Å². The van der Waals surface area contributed by atoms with Gasteiger partial charge in [0.2, 0.25) is 0 Å². The molecule has 2 nitrogen and oxygen atoms in total. The minimum Gasteiger partial charge on any atom is -0.424 e. The molecule has 0 aliphatic rings. The maximum atomic E-state index is 13.6. The van der Waals surface area contributed by atoms with E-state index in [1.165, 1.54) is 7.85 Å². The minimum absolute atomic E-state index is 0.00213. The van der Waals surface area contributed by atoms with Crippen LogP contribution in [0.15, 0.2) is 6.07 Å². The standard InChI is InChI=1S/C10H12BF2O2P/c1-4(2)10(14)15-9-7(11)5(12)3-6(16)8(9)13/h3-4H,11,16H2,1-2H3. The number of carbonyl (C=O) groups is 1. The van der Waals surface area contributed by atoms with E-state index in [1.807, 2.05) is 0 Å². The molecule has 1 atom stereocenters. The fraction of sp³-hybridized carbons (Fsp3) is 0.300.